The summed E-state index contributed by atoms with van der Waals surface area (Å²) < 4.78 is 0. The fraction of sp³-hybridized carbons (Fsp3) is 0.600. The molecular weight excluding hydrogens is 252 g/mol. The van der Waals surface area contributed by atoms with Gasteiger partial charge in [-0.2, -0.15) is 0 Å². The Morgan fingerprint density at radius 1 is 1.40 bits per heavy atom. The fourth-order valence-corrected chi connectivity index (χ4v) is 2.49. The molecule has 0 saturated heterocycles. The number of aromatic nitrogens is 1. The Labute approximate surface area is 121 Å². The second kappa shape index (κ2) is 6.59. The first-order valence-corrected chi connectivity index (χ1v) is 6.96. The molecule has 5 heteroatoms. The van der Waals surface area contributed by atoms with Gasteiger partial charge in [0.2, 0.25) is 0 Å². The van der Waals surface area contributed by atoms with Crippen LogP contribution in [0.3, 0.4) is 0 Å². The zero-order valence-electron chi connectivity index (χ0n) is 13.3. The fourth-order valence-electron chi connectivity index (χ4n) is 2.49. The number of aryl methyl sites for hydroxylation is 2. The average molecular weight is 278 g/mol. The Kier molecular flexibility index (Phi) is 5.36. The summed E-state index contributed by atoms with van der Waals surface area (Å²) in [5, 5.41) is 12.1. The van der Waals surface area contributed by atoms with Crippen LogP contribution in [0.5, 0.6) is 0 Å². The normalized spacial score (nSPS) is 13.7. The zero-order valence-corrected chi connectivity index (χ0v) is 13.3. The van der Waals surface area contributed by atoms with Crippen LogP contribution in [0.15, 0.2) is 11.2 Å². The van der Waals surface area contributed by atoms with Crippen LogP contribution < -0.4 is 10.6 Å². The van der Waals surface area contributed by atoms with Gasteiger partial charge in [0.15, 0.2) is 5.84 Å². The highest BCUT2D eigenvalue weighted by atomic mass is 16.4. The number of amidine groups is 1. The van der Waals surface area contributed by atoms with Gasteiger partial charge in [-0.05, 0) is 44.7 Å². The summed E-state index contributed by atoms with van der Waals surface area (Å²) >= 11 is 0. The maximum Gasteiger partial charge on any atom is 0.174 e. The minimum absolute atomic E-state index is 0.105. The van der Waals surface area contributed by atoms with Crippen LogP contribution in [0.4, 0.5) is 5.82 Å². The molecule has 0 saturated carbocycles. The van der Waals surface area contributed by atoms with E-state index in [1.54, 1.807) is 0 Å². The molecule has 0 aliphatic rings. The first-order chi connectivity index (χ1) is 9.27. The van der Waals surface area contributed by atoms with E-state index in [1.165, 1.54) is 0 Å². The Balaban J connectivity index is 3.28. The standard InChI is InChI=1S/C15H26N4O/c1-9(2)7-12(5)19(6)15-13(14(16)18-20)10(3)8-11(4)17-15/h8-9,12,20H,7H2,1-6H3,(H2,16,18). The van der Waals surface area contributed by atoms with Crippen molar-refractivity contribution in [2.45, 2.75) is 47.1 Å². The SMILES string of the molecule is Cc1cc(C)c(C(N)=NO)c(N(C)C(C)CC(C)C)n1. The summed E-state index contributed by atoms with van der Waals surface area (Å²) in [5.41, 5.74) is 8.41. The van der Waals surface area contributed by atoms with E-state index < -0.39 is 0 Å². The number of pyridine rings is 1. The molecule has 1 unspecified atom stereocenters. The van der Waals surface area contributed by atoms with Gasteiger partial charge in [0.1, 0.15) is 5.82 Å². The predicted molar refractivity (Wildman–Crippen MR) is 83.5 cm³/mol. The van der Waals surface area contributed by atoms with Gasteiger partial charge in [-0.25, -0.2) is 4.98 Å². The summed E-state index contributed by atoms with van der Waals surface area (Å²) in [5.74, 6) is 1.48. The second-order valence-electron chi connectivity index (χ2n) is 5.85. The van der Waals surface area contributed by atoms with Crippen molar-refractivity contribution in [3.05, 3.63) is 22.9 Å². The highest BCUT2D eigenvalue weighted by molar-refractivity contribution is 6.02. The van der Waals surface area contributed by atoms with Crippen LogP contribution in [0.25, 0.3) is 0 Å². The van der Waals surface area contributed by atoms with Crippen LogP contribution in [-0.2, 0) is 0 Å². The van der Waals surface area contributed by atoms with Crippen LogP contribution in [0, 0.1) is 19.8 Å². The molecule has 1 atom stereocenters. The Bertz CT molecular complexity index is 497. The lowest BCUT2D eigenvalue weighted by atomic mass is 10.0. The topological polar surface area (TPSA) is 74.7 Å². The van der Waals surface area contributed by atoms with E-state index in [0.29, 0.717) is 17.5 Å². The zero-order chi connectivity index (χ0) is 15.4. The van der Waals surface area contributed by atoms with Crippen molar-refractivity contribution in [2.24, 2.45) is 16.8 Å². The van der Waals surface area contributed by atoms with Crippen LogP contribution in [0.2, 0.25) is 0 Å². The van der Waals surface area contributed by atoms with E-state index in [1.807, 2.05) is 27.0 Å². The monoisotopic (exact) mass is 278 g/mol. The molecule has 0 bridgehead atoms. The Morgan fingerprint density at radius 3 is 2.50 bits per heavy atom. The third-order valence-electron chi connectivity index (χ3n) is 3.50. The van der Waals surface area contributed by atoms with Crippen molar-refractivity contribution in [3.63, 3.8) is 0 Å². The highest BCUT2D eigenvalue weighted by Crippen LogP contribution is 2.24. The summed E-state index contributed by atoms with van der Waals surface area (Å²) in [4.78, 5) is 6.69. The lowest BCUT2D eigenvalue weighted by molar-refractivity contribution is 0.318. The van der Waals surface area contributed by atoms with Gasteiger partial charge in [-0.3, -0.25) is 0 Å². The Hall–Kier alpha value is -1.78. The molecule has 0 aliphatic carbocycles. The summed E-state index contributed by atoms with van der Waals surface area (Å²) in [7, 11) is 2.00. The van der Waals surface area contributed by atoms with E-state index in [0.717, 1.165) is 23.5 Å². The molecule has 3 N–H and O–H groups in total. The minimum atomic E-state index is 0.105. The lowest BCUT2D eigenvalue weighted by Gasteiger charge is -2.29. The van der Waals surface area contributed by atoms with Crippen LogP contribution in [-0.4, -0.2) is 29.1 Å². The molecule has 0 fully saturated rings. The van der Waals surface area contributed by atoms with Crippen LogP contribution in [0.1, 0.15) is 44.0 Å². The van der Waals surface area contributed by atoms with Crippen molar-refractivity contribution in [1.82, 2.24) is 4.98 Å². The second-order valence-corrected chi connectivity index (χ2v) is 5.85. The van der Waals surface area contributed by atoms with E-state index in [4.69, 9.17) is 10.9 Å². The van der Waals surface area contributed by atoms with Gasteiger partial charge in [0, 0.05) is 18.8 Å². The van der Waals surface area contributed by atoms with Crippen molar-refractivity contribution >= 4 is 11.7 Å². The summed E-state index contributed by atoms with van der Waals surface area (Å²) in [6.45, 7) is 10.5. The van der Waals surface area contributed by atoms with Crippen LogP contribution >= 0.6 is 0 Å². The maximum absolute atomic E-state index is 8.99. The molecule has 1 aromatic heterocycles. The molecular formula is C15H26N4O. The van der Waals surface area contributed by atoms with Crippen molar-refractivity contribution < 1.29 is 5.21 Å². The lowest BCUT2D eigenvalue weighted by Crippen LogP contribution is -2.33. The Morgan fingerprint density at radius 2 is 2.00 bits per heavy atom. The minimum Gasteiger partial charge on any atom is -0.409 e. The van der Waals surface area contributed by atoms with Gasteiger partial charge >= 0.3 is 0 Å². The largest absolute Gasteiger partial charge is 0.409 e. The van der Waals surface area contributed by atoms with Gasteiger partial charge in [0.25, 0.3) is 0 Å². The molecule has 1 rings (SSSR count). The van der Waals surface area contributed by atoms with E-state index in [2.05, 4.69) is 35.8 Å². The molecule has 0 spiro atoms. The molecule has 112 valence electrons. The summed E-state index contributed by atoms with van der Waals surface area (Å²) in [6, 6.07) is 2.27. The predicted octanol–water partition coefficient (Wildman–Crippen LogP) is 2.66. The van der Waals surface area contributed by atoms with Gasteiger partial charge in [-0.15, -0.1) is 0 Å². The van der Waals surface area contributed by atoms with Crippen molar-refractivity contribution in [2.75, 3.05) is 11.9 Å². The van der Waals surface area contributed by atoms with Gasteiger partial charge in [-0.1, -0.05) is 19.0 Å². The summed E-state index contributed by atoms with van der Waals surface area (Å²) in [6.07, 6.45) is 1.06. The number of nitrogens with zero attached hydrogens (tertiary/aromatic N) is 3. The number of anilines is 1. The molecule has 1 aromatic rings. The number of rotatable bonds is 5. The molecule has 1 heterocycles. The quantitative estimate of drug-likeness (QED) is 0.376. The smallest absolute Gasteiger partial charge is 0.174 e. The average Bonchev–Trinajstić information content (AvgIpc) is 2.35. The van der Waals surface area contributed by atoms with Crippen molar-refractivity contribution in [3.8, 4) is 0 Å². The number of nitrogens with two attached hydrogens (primary N) is 1. The van der Waals surface area contributed by atoms with E-state index in [9.17, 15) is 0 Å². The number of hydrogen-bond acceptors (Lipinski definition) is 4. The van der Waals surface area contributed by atoms with Gasteiger partial charge in [0.05, 0.1) is 5.56 Å². The first-order valence-electron chi connectivity index (χ1n) is 6.96. The number of oxime groups is 1. The molecule has 20 heavy (non-hydrogen) atoms. The molecule has 0 aromatic carbocycles. The van der Waals surface area contributed by atoms with E-state index >= 15 is 0 Å². The third kappa shape index (κ3) is 3.62. The highest BCUT2D eigenvalue weighted by Gasteiger charge is 2.20. The first kappa shape index (κ1) is 16.3. The van der Waals surface area contributed by atoms with Crippen molar-refractivity contribution in [1.29, 1.82) is 0 Å². The molecule has 0 radical (unpaired) electrons. The number of hydrogen-bond donors (Lipinski definition) is 2. The molecule has 0 aliphatic heterocycles. The van der Waals surface area contributed by atoms with E-state index in [-0.39, 0.29) is 5.84 Å². The third-order valence-corrected chi connectivity index (χ3v) is 3.50. The molecule has 5 nitrogen and oxygen atoms in total. The molecule has 0 amide bonds. The maximum atomic E-state index is 8.99. The van der Waals surface area contributed by atoms with Gasteiger partial charge < -0.3 is 15.8 Å².